The zero-order valence-corrected chi connectivity index (χ0v) is 18.7. The van der Waals surface area contributed by atoms with E-state index in [2.05, 4.69) is 30.5 Å². The predicted molar refractivity (Wildman–Crippen MR) is 124 cm³/mol. The lowest BCUT2D eigenvalue weighted by Gasteiger charge is -2.54. The third kappa shape index (κ3) is 3.41. The number of fused-ring (bicyclic) bond motifs is 1. The summed E-state index contributed by atoms with van der Waals surface area (Å²) >= 11 is 7.59. The van der Waals surface area contributed by atoms with Crippen molar-refractivity contribution < 1.29 is 4.79 Å². The van der Waals surface area contributed by atoms with Crippen LogP contribution in [0.25, 0.3) is 21.6 Å². The molecule has 0 aliphatic carbocycles. The van der Waals surface area contributed by atoms with Gasteiger partial charge in [0.25, 0.3) is 5.91 Å². The van der Waals surface area contributed by atoms with Crippen LogP contribution >= 0.6 is 22.9 Å². The average molecular weight is 466 g/mol. The molecule has 162 valence electrons. The molecule has 1 amide bonds. The third-order valence-electron chi connectivity index (χ3n) is 6.51. The first kappa shape index (κ1) is 19.6. The van der Waals surface area contributed by atoms with E-state index in [0.29, 0.717) is 10.6 Å². The lowest BCUT2D eigenvalue weighted by atomic mass is 9.72. The number of H-pyrrole nitrogens is 1. The summed E-state index contributed by atoms with van der Waals surface area (Å²) in [6.45, 7) is 3.48. The maximum atomic E-state index is 12.9. The molecule has 2 fully saturated rings. The number of likely N-dealkylation sites (tertiary alicyclic amines) is 1. The van der Waals surface area contributed by atoms with Crippen LogP contribution in [0, 0.1) is 5.41 Å². The molecule has 6 rings (SSSR count). The van der Waals surface area contributed by atoms with Crippen molar-refractivity contribution in [2.75, 3.05) is 31.1 Å². The van der Waals surface area contributed by atoms with Crippen LogP contribution < -0.4 is 4.90 Å². The number of nitrogens with one attached hydrogen (secondary N) is 1. The van der Waals surface area contributed by atoms with Crippen LogP contribution in [0.3, 0.4) is 0 Å². The largest absolute Gasteiger partial charge is 0.347 e. The van der Waals surface area contributed by atoms with Gasteiger partial charge in [0, 0.05) is 47.7 Å². The molecule has 0 atom stereocenters. The molecule has 8 nitrogen and oxygen atoms in total. The van der Waals surface area contributed by atoms with Gasteiger partial charge in [0.2, 0.25) is 5.13 Å². The number of rotatable bonds is 3. The Hall–Kier alpha value is -3.04. The second kappa shape index (κ2) is 7.53. The minimum atomic E-state index is 0.0692. The number of piperidine rings is 1. The van der Waals surface area contributed by atoms with Crippen LogP contribution in [0.2, 0.25) is 5.02 Å². The van der Waals surface area contributed by atoms with Crippen molar-refractivity contribution in [3.63, 3.8) is 0 Å². The quantitative estimate of drug-likeness (QED) is 0.494. The molecule has 2 aromatic heterocycles. The summed E-state index contributed by atoms with van der Waals surface area (Å²) in [4.78, 5) is 17.2. The molecule has 4 heterocycles. The Morgan fingerprint density at radius 2 is 1.81 bits per heavy atom. The van der Waals surface area contributed by atoms with Crippen LogP contribution in [0.5, 0.6) is 0 Å². The van der Waals surface area contributed by atoms with Crippen molar-refractivity contribution in [3.05, 3.63) is 53.1 Å². The minimum absolute atomic E-state index is 0.0692. The fourth-order valence-corrected chi connectivity index (χ4v) is 5.63. The molecule has 2 saturated heterocycles. The highest BCUT2D eigenvalue weighted by Gasteiger charge is 2.47. The standard InChI is InChI=1S/C22H20ClN7OS/c23-16-4-1-14(2-5-16)19-26-27-21(32-19)29-9-7-22(8-10-29)12-30(13-22)20(31)15-3-6-17-18(11-15)25-28-24-17/h1-6,11H,7-10,12-13H2,(H,24,25,28). The van der Waals surface area contributed by atoms with Gasteiger partial charge in [-0.3, -0.25) is 9.89 Å². The Morgan fingerprint density at radius 3 is 2.59 bits per heavy atom. The van der Waals surface area contributed by atoms with E-state index < -0.39 is 0 Å². The van der Waals surface area contributed by atoms with Gasteiger partial charge in [0.1, 0.15) is 10.5 Å². The van der Waals surface area contributed by atoms with E-state index in [1.165, 1.54) is 0 Å². The predicted octanol–water partition coefficient (Wildman–Crippen LogP) is 3.87. The summed E-state index contributed by atoms with van der Waals surface area (Å²) in [7, 11) is 0. The summed E-state index contributed by atoms with van der Waals surface area (Å²) in [5, 5.41) is 22.0. The number of aromatic amines is 1. The molecular weight excluding hydrogens is 446 g/mol. The maximum Gasteiger partial charge on any atom is 0.253 e. The van der Waals surface area contributed by atoms with Gasteiger partial charge < -0.3 is 9.80 Å². The number of aromatic nitrogens is 5. The molecule has 0 unspecified atom stereocenters. The van der Waals surface area contributed by atoms with Gasteiger partial charge in [-0.05, 0) is 43.2 Å². The van der Waals surface area contributed by atoms with Crippen LogP contribution in [0.15, 0.2) is 42.5 Å². The van der Waals surface area contributed by atoms with E-state index in [0.717, 1.165) is 65.8 Å². The second-order valence-electron chi connectivity index (χ2n) is 8.59. The summed E-state index contributed by atoms with van der Waals surface area (Å²) in [6.07, 6.45) is 2.10. The van der Waals surface area contributed by atoms with Gasteiger partial charge in [0.05, 0.1) is 5.52 Å². The Kier molecular flexibility index (Phi) is 4.62. The molecule has 0 bridgehead atoms. The van der Waals surface area contributed by atoms with E-state index in [4.69, 9.17) is 11.6 Å². The van der Waals surface area contributed by atoms with Crippen molar-refractivity contribution in [1.29, 1.82) is 0 Å². The van der Waals surface area contributed by atoms with Crippen LogP contribution in [0.4, 0.5) is 5.13 Å². The Bertz CT molecular complexity index is 1290. The van der Waals surface area contributed by atoms with Crippen LogP contribution in [0.1, 0.15) is 23.2 Å². The molecule has 4 aromatic rings. The summed E-state index contributed by atoms with van der Waals surface area (Å²) in [5.74, 6) is 0.0692. The van der Waals surface area contributed by atoms with Gasteiger partial charge in [-0.2, -0.15) is 0 Å². The van der Waals surface area contributed by atoms with Gasteiger partial charge >= 0.3 is 0 Å². The molecule has 2 aliphatic rings. The summed E-state index contributed by atoms with van der Waals surface area (Å²) in [6, 6.07) is 13.2. The molecule has 32 heavy (non-hydrogen) atoms. The molecule has 0 radical (unpaired) electrons. The van der Waals surface area contributed by atoms with Crippen LogP contribution in [-0.2, 0) is 0 Å². The molecule has 0 saturated carbocycles. The van der Waals surface area contributed by atoms with Crippen molar-refractivity contribution >= 4 is 45.0 Å². The minimum Gasteiger partial charge on any atom is -0.347 e. The number of nitrogens with zero attached hydrogens (tertiary/aromatic N) is 6. The van der Waals surface area contributed by atoms with E-state index >= 15 is 0 Å². The number of hydrogen-bond donors (Lipinski definition) is 1. The van der Waals surface area contributed by atoms with Crippen molar-refractivity contribution in [1.82, 2.24) is 30.5 Å². The molecule has 1 N–H and O–H groups in total. The molecule has 2 aliphatic heterocycles. The number of hydrogen-bond acceptors (Lipinski definition) is 7. The van der Waals surface area contributed by atoms with Crippen molar-refractivity contribution in [2.24, 2.45) is 5.41 Å². The summed E-state index contributed by atoms with van der Waals surface area (Å²) in [5.41, 5.74) is 3.47. The number of halogens is 1. The fraction of sp³-hybridized carbons (Fsp3) is 0.318. The lowest BCUT2D eigenvalue weighted by molar-refractivity contribution is -0.00785. The molecular formula is C22H20ClN7OS. The smallest absolute Gasteiger partial charge is 0.253 e. The van der Waals surface area contributed by atoms with E-state index in [1.54, 1.807) is 11.3 Å². The first-order valence-electron chi connectivity index (χ1n) is 10.5. The lowest BCUT2D eigenvalue weighted by Crippen LogP contribution is -2.61. The number of amides is 1. The average Bonchev–Trinajstić information content (AvgIpc) is 3.47. The van der Waals surface area contributed by atoms with E-state index in [-0.39, 0.29) is 11.3 Å². The number of carbonyl (C=O) groups excluding carboxylic acids is 1. The summed E-state index contributed by atoms with van der Waals surface area (Å²) < 4.78 is 0. The SMILES string of the molecule is O=C(c1ccc2[nH]nnc2c1)N1CC2(CCN(c3nnc(-c4ccc(Cl)cc4)s3)CC2)C1. The highest BCUT2D eigenvalue weighted by molar-refractivity contribution is 7.18. The van der Waals surface area contributed by atoms with E-state index in [9.17, 15) is 4.79 Å². The molecule has 2 aromatic carbocycles. The highest BCUT2D eigenvalue weighted by atomic mass is 35.5. The van der Waals surface area contributed by atoms with Gasteiger partial charge in [-0.15, -0.1) is 15.3 Å². The molecule has 1 spiro atoms. The first-order valence-corrected chi connectivity index (χ1v) is 11.7. The van der Waals surface area contributed by atoms with Gasteiger partial charge in [-0.25, -0.2) is 0 Å². The number of anilines is 1. The Labute approximate surface area is 193 Å². The first-order chi connectivity index (χ1) is 15.6. The third-order valence-corrected chi connectivity index (χ3v) is 7.80. The normalized spacial score (nSPS) is 17.7. The highest BCUT2D eigenvalue weighted by Crippen LogP contribution is 2.42. The van der Waals surface area contributed by atoms with Gasteiger partial charge in [0.15, 0.2) is 0 Å². The Morgan fingerprint density at radius 1 is 1.03 bits per heavy atom. The zero-order chi connectivity index (χ0) is 21.7. The van der Waals surface area contributed by atoms with Crippen molar-refractivity contribution in [2.45, 2.75) is 12.8 Å². The fourth-order valence-electron chi connectivity index (χ4n) is 4.61. The maximum absolute atomic E-state index is 12.9. The Balaban J connectivity index is 1.07. The monoisotopic (exact) mass is 465 g/mol. The van der Waals surface area contributed by atoms with Crippen LogP contribution in [-0.4, -0.2) is 62.6 Å². The van der Waals surface area contributed by atoms with Gasteiger partial charge in [-0.1, -0.05) is 40.3 Å². The topological polar surface area (TPSA) is 90.9 Å². The van der Waals surface area contributed by atoms with Crippen molar-refractivity contribution in [3.8, 4) is 10.6 Å². The number of carbonyl (C=O) groups is 1. The number of benzene rings is 2. The molecule has 10 heteroatoms. The zero-order valence-electron chi connectivity index (χ0n) is 17.2. The van der Waals surface area contributed by atoms with E-state index in [1.807, 2.05) is 47.4 Å². The second-order valence-corrected chi connectivity index (χ2v) is 9.98.